The molecule has 0 fully saturated rings. The van der Waals surface area contributed by atoms with Crippen LogP contribution in [0.25, 0.3) is 4.91 Å². The van der Waals surface area contributed by atoms with E-state index >= 15 is 0 Å². The Balaban J connectivity index is 2.00. The number of carboxylic acids is 1. The van der Waals surface area contributed by atoms with Gasteiger partial charge in [0.25, 0.3) is 15.9 Å². The van der Waals surface area contributed by atoms with Gasteiger partial charge in [-0.2, -0.15) is 0 Å². The zero-order valence-corrected chi connectivity index (χ0v) is 16.0. The second-order valence-corrected chi connectivity index (χ2v) is 8.39. The minimum atomic E-state index is -4.00. The molecule has 2 aromatic rings. The summed E-state index contributed by atoms with van der Waals surface area (Å²) in [6, 6.07) is 11.3. The Bertz CT molecular complexity index is 1080. The maximum Gasteiger partial charge on any atom is 0.335 e. The molecule has 0 radical (unpaired) electrons. The summed E-state index contributed by atoms with van der Waals surface area (Å²) in [5.41, 5.74) is 3.03. The number of aromatic carboxylic acids is 1. The van der Waals surface area contributed by atoms with Gasteiger partial charge in [-0.3, -0.25) is 4.79 Å². The topological polar surface area (TPSA) is 91.8 Å². The number of amides is 1. The first-order valence-electron chi connectivity index (χ1n) is 8.30. The van der Waals surface area contributed by atoms with Crippen LogP contribution < -0.4 is 0 Å². The maximum atomic E-state index is 13.1. The van der Waals surface area contributed by atoms with Crippen LogP contribution >= 0.6 is 0 Å². The zero-order chi connectivity index (χ0) is 19.9. The minimum Gasteiger partial charge on any atom is -0.478 e. The monoisotopic (exact) mass is 385 g/mol. The summed E-state index contributed by atoms with van der Waals surface area (Å²) in [6.07, 6.45) is 0. The van der Waals surface area contributed by atoms with Gasteiger partial charge < -0.3 is 5.11 Å². The van der Waals surface area contributed by atoms with Crippen molar-refractivity contribution >= 4 is 26.8 Å². The lowest BCUT2D eigenvalue weighted by atomic mass is 10.0. The molecular formula is C20H19NO5S. The van der Waals surface area contributed by atoms with Crippen molar-refractivity contribution in [1.29, 1.82) is 0 Å². The van der Waals surface area contributed by atoms with Crippen molar-refractivity contribution in [3.05, 3.63) is 75.9 Å². The van der Waals surface area contributed by atoms with Crippen LogP contribution in [0.1, 0.15) is 39.5 Å². The largest absolute Gasteiger partial charge is 0.478 e. The Morgan fingerprint density at radius 3 is 2.26 bits per heavy atom. The minimum absolute atomic E-state index is 0.0378. The number of hydrogen-bond acceptors (Lipinski definition) is 4. The average molecular weight is 385 g/mol. The van der Waals surface area contributed by atoms with E-state index in [-0.39, 0.29) is 22.6 Å². The first-order chi connectivity index (χ1) is 12.6. The van der Waals surface area contributed by atoms with Gasteiger partial charge >= 0.3 is 5.97 Å². The van der Waals surface area contributed by atoms with Gasteiger partial charge in [0.15, 0.2) is 0 Å². The summed E-state index contributed by atoms with van der Waals surface area (Å²) in [6.45, 7) is 5.05. The van der Waals surface area contributed by atoms with E-state index in [4.69, 9.17) is 5.11 Å². The van der Waals surface area contributed by atoms with Crippen molar-refractivity contribution in [3.63, 3.8) is 0 Å². The van der Waals surface area contributed by atoms with Crippen LogP contribution in [0.15, 0.2) is 48.0 Å². The average Bonchev–Trinajstić information content (AvgIpc) is 2.77. The predicted octanol–water partition coefficient (Wildman–Crippen LogP) is 3.10. The quantitative estimate of drug-likeness (QED) is 0.873. The number of benzene rings is 2. The van der Waals surface area contributed by atoms with E-state index in [1.54, 1.807) is 6.07 Å². The third-order valence-corrected chi connectivity index (χ3v) is 6.52. The molecule has 1 N–H and O–H groups in total. The van der Waals surface area contributed by atoms with Crippen LogP contribution in [0, 0.1) is 13.8 Å². The molecular weight excluding hydrogens is 366 g/mol. The number of hydrogen-bond donors (Lipinski definition) is 1. The molecule has 140 valence electrons. The molecule has 7 heteroatoms. The van der Waals surface area contributed by atoms with Gasteiger partial charge in [-0.05, 0) is 49.6 Å². The van der Waals surface area contributed by atoms with E-state index in [0.717, 1.165) is 15.4 Å². The third-order valence-electron chi connectivity index (χ3n) is 4.60. The van der Waals surface area contributed by atoms with E-state index < -0.39 is 21.9 Å². The zero-order valence-electron chi connectivity index (χ0n) is 15.2. The van der Waals surface area contributed by atoms with Crippen LogP contribution in [-0.2, 0) is 21.4 Å². The van der Waals surface area contributed by atoms with E-state index in [9.17, 15) is 18.0 Å². The van der Waals surface area contributed by atoms with Gasteiger partial charge in [0.1, 0.15) is 4.91 Å². The summed E-state index contributed by atoms with van der Waals surface area (Å²) >= 11 is 0. The summed E-state index contributed by atoms with van der Waals surface area (Å²) < 4.78 is 27.1. The molecule has 1 heterocycles. The van der Waals surface area contributed by atoms with Gasteiger partial charge in [0, 0.05) is 5.57 Å². The maximum absolute atomic E-state index is 13.1. The Hall–Kier alpha value is -2.93. The summed E-state index contributed by atoms with van der Waals surface area (Å²) in [5, 5.41) is 8.96. The van der Waals surface area contributed by atoms with E-state index in [1.807, 2.05) is 26.0 Å². The molecule has 0 bridgehead atoms. The van der Waals surface area contributed by atoms with E-state index in [2.05, 4.69) is 0 Å². The number of carbonyl (C=O) groups is 2. The van der Waals surface area contributed by atoms with Gasteiger partial charge in [0.2, 0.25) is 0 Å². The Morgan fingerprint density at radius 1 is 1.04 bits per heavy atom. The molecule has 0 unspecified atom stereocenters. The Labute approximate surface area is 157 Å². The molecule has 3 rings (SSSR count). The molecule has 2 aromatic carbocycles. The van der Waals surface area contributed by atoms with Crippen molar-refractivity contribution in [1.82, 2.24) is 4.31 Å². The molecule has 27 heavy (non-hydrogen) atoms. The number of carboxylic acid groups (broad SMARTS) is 1. The second-order valence-electron chi connectivity index (χ2n) is 6.59. The van der Waals surface area contributed by atoms with Crippen molar-refractivity contribution in [2.75, 3.05) is 0 Å². The SMILES string of the molecule is CC1=C(c2cc(C)ccc2C)S(=O)(=O)N(Cc2ccc(C(=O)O)cc2)C1=O. The van der Waals surface area contributed by atoms with Gasteiger partial charge in [-0.1, -0.05) is 35.9 Å². The van der Waals surface area contributed by atoms with Crippen molar-refractivity contribution in [2.24, 2.45) is 0 Å². The number of nitrogens with zero attached hydrogens (tertiary/aromatic N) is 1. The van der Waals surface area contributed by atoms with Crippen LogP contribution in [0.5, 0.6) is 0 Å². The molecule has 1 aliphatic heterocycles. The molecule has 0 aliphatic carbocycles. The normalized spacial score (nSPS) is 16.1. The van der Waals surface area contributed by atoms with Crippen LogP contribution in [0.3, 0.4) is 0 Å². The Morgan fingerprint density at radius 2 is 1.67 bits per heavy atom. The molecule has 6 nitrogen and oxygen atoms in total. The van der Waals surface area contributed by atoms with Gasteiger partial charge in [-0.15, -0.1) is 0 Å². The summed E-state index contributed by atoms with van der Waals surface area (Å²) in [7, 11) is -4.00. The molecule has 0 aromatic heterocycles. The number of carbonyl (C=O) groups excluding carboxylic acids is 1. The molecule has 0 atom stereocenters. The number of rotatable bonds is 4. The highest BCUT2D eigenvalue weighted by Gasteiger charge is 2.42. The van der Waals surface area contributed by atoms with Gasteiger partial charge in [0.05, 0.1) is 12.1 Å². The van der Waals surface area contributed by atoms with E-state index in [1.165, 1.54) is 31.2 Å². The molecule has 0 saturated carbocycles. The number of sulfonamides is 1. The lowest BCUT2D eigenvalue weighted by Crippen LogP contribution is -2.31. The lowest BCUT2D eigenvalue weighted by Gasteiger charge is -2.17. The fraction of sp³-hybridized carbons (Fsp3) is 0.200. The van der Waals surface area contributed by atoms with Crippen molar-refractivity contribution in [2.45, 2.75) is 27.3 Å². The van der Waals surface area contributed by atoms with E-state index in [0.29, 0.717) is 11.1 Å². The fourth-order valence-electron chi connectivity index (χ4n) is 3.09. The summed E-state index contributed by atoms with van der Waals surface area (Å²) in [5.74, 6) is -1.63. The van der Waals surface area contributed by atoms with Crippen LogP contribution in [-0.4, -0.2) is 29.7 Å². The highest BCUT2D eigenvalue weighted by molar-refractivity contribution is 7.99. The second kappa shape index (κ2) is 6.66. The third kappa shape index (κ3) is 3.26. The number of aryl methyl sites for hydroxylation is 2. The van der Waals surface area contributed by atoms with Crippen LogP contribution in [0.2, 0.25) is 0 Å². The lowest BCUT2D eigenvalue weighted by molar-refractivity contribution is -0.122. The molecule has 1 amide bonds. The standard InChI is InChI=1S/C20H19NO5S/c1-12-4-5-13(2)17(10-12)18-14(3)19(22)21(27(18,25)26)11-15-6-8-16(9-7-15)20(23)24/h4-10H,11H2,1-3H3,(H,23,24). The Kier molecular flexibility index (Phi) is 4.65. The molecule has 1 aliphatic rings. The smallest absolute Gasteiger partial charge is 0.335 e. The molecule has 0 spiro atoms. The van der Waals surface area contributed by atoms with Crippen molar-refractivity contribution < 1.29 is 23.1 Å². The first-order valence-corrected chi connectivity index (χ1v) is 9.74. The summed E-state index contributed by atoms with van der Waals surface area (Å²) in [4.78, 5) is 23.7. The van der Waals surface area contributed by atoms with Gasteiger partial charge in [-0.25, -0.2) is 17.5 Å². The highest BCUT2D eigenvalue weighted by Crippen LogP contribution is 2.38. The highest BCUT2D eigenvalue weighted by atomic mass is 32.2. The van der Waals surface area contributed by atoms with Crippen LogP contribution in [0.4, 0.5) is 0 Å². The first kappa shape index (κ1) is 18.8. The van der Waals surface area contributed by atoms with Crippen molar-refractivity contribution in [3.8, 4) is 0 Å². The predicted molar refractivity (Wildman–Crippen MR) is 101 cm³/mol. The molecule has 0 saturated heterocycles. The fourth-order valence-corrected chi connectivity index (χ4v) is 4.96.